The van der Waals surface area contributed by atoms with E-state index in [9.17, 15) is 0 Å². The van der Waals surface area contributed by atoms with E-state index in [0.29, 0.717) is 22.3 Å². The van der Waals surface area contributed by atoms with E-state index in [-0.39, 0.29) is 0 Å². The summed E-state index contributed by atoms with van der Waals surface area (Å²) in [5.41, 5.74) is 9.23. The smallest absolute Gasteiger partial charge is 0.0338 e. The van der Waals surface area contributed by atoms with Crippen molar-refractivity contribution in [1.29, 1.82) is 0 Å². The van der Waals surface area contributed by atoms with Crippen LogP contribution >= 0.6 is 23.5 Å². The van der Waals surface area contributed by atoms with Gasteiger partial charge in [-0.05, 0) is 80.3 Å². The number of thioether (sulfide) groups is 2. The second kappa shape index (κ2) is 8.07. The highest BCUT2D eigenvalue weighted by Gasteiger charge is 2.40. The lowest BCUT2D eigenvalue weighted by Gasteiger charge is -2.43. The summed E-state index contributed by atoms with van der Waals surface area (Å²) < 4.78 is 0. The van der Waals surface area contributed by atoms with Gasteiger partial charge in [-0.25, -0.2) is 0 Å². The van der Waals surface area contributed by atoms with Crippen LogP contribution in [0.5, 0.6) is 0 Å². The Balaban J connectivity index is 1.44. The van der Waals surface area contributed by atoms with Crippen LogP contribution < -0.4 is 0 Å². The highest BCUT2D eigenvalue weighted by Crippen LogP contribution is 2.53. The summed E-state index contributed by atoms with van der Waals surface area (Å²) >= 11 is 4.07. The molecule has 0 fully saturated rings. The van der Waals surface area contributed by atoms with Gasteiger partial charge in [0, 0.05) is 22.3 Å². The van der Waals surface area contributed by atoms with Gasteiger partial charge >= 0.3 is 0 Å². The molecule has 0 saturated heterocycles. The van der Waals surface area contributed by atoms with Crippen molar-refractivity contribution in [2.45, 2.75) is 29.3 Å². The highest BCUT2D eigenvalue weighted by atomic mass is 32.2. The number of hydrogen-bond donors (Lipinski definition) is 0. The van der Waals surface area contributed by atoms with E-state index in [2.05, 4.69) is 109 Å². The monoisotopic (exact) mass is 476 g/mol. The average molecular weight is 477 g/mol. The van der Waals surface area contributed by atoms with Gasteiger partial charge in [0.25, 0.3) is 0 Å². The van der Waals surface area contributed by atoms with Gasteiger partial charge in [-0.3, -0.25) is 0 Å². The lowest BCUT2D eigenvalue weighted by Crippen LogP contribution is -2.34. The van der Waals surface area contributed by atoms with Gasteiger partial charge in [0.05, 0.1) is 0 Å². The molecule has 34 heavy (non-hydrogen) atoms. The van der Waals surface area contributed by atoms with Crippen LogP contribution in [0.3, 0.4) is 0 Å². The van der Waals surface area contributed by atoms with Gasteiger partial charge in [-0.2, -0.15) is 23.5 Å². The first-order valence-electron chi connectivity index (χ1n) is 12.3. The number of allylic oxidation sites excluding steroid dienone is 3. The van der Waals surface area contributed by atoms with Crippen LogP contribution in [0.25, 0.3) is 27.1 Å². The van der Waals surface area contributed by atoms with Crippen molar-refractivity contribution in [2.24, 2.45) is 5.92 Å². The number of fused-ring (bicyclic) bond motifs is 10. The Labute approximate surface area is 210 Å². The van der Waals surface area contributed by atoms with Crippen molar-refractivity contribution >= 4 is 50.6 Å². The Bertz CT molecular complexity index is 1510. The fourth-order valence-electron chi connectivity index (χ4n) is 6.73. The zero-order chi connectivity index (χ0) is 22.8. The quantitative estimate of drug-likeness (QED) is 0.285. The molecule has 0 spiro atoms. The lowest BCUT2D eigenvalue weighted by molar-refractivity contribution is 0.513. The number of rotatable bonds is 2. The van der Waals surface area contributed by atoms with Crippen molar-refractivity contribution in [3.05, 3.63) is 113 Å². The summed E-state index contributed by atoms with van der Waals surface area (Å²) in [4.78, 5) is 0. The zero-order valence-electron chi connectivity index (χ0n) is 19.6. The third-order valence-corrected chi connectivity index (χ3v) is 10.4. The Hall–Kier alpha value is -2.42. The van der Waals surface area contributed by atoms with Crippen molar-refractivity contribution in [2.75, 3.05) is 12.5 Å². The summed E-state index contributed by atoms with van der Waals surface area (Å²) in [7, 11) is 0. The zero-order valence-corrected chi connectivity index (χ0v) is 21.3. The molecule has 0 aliphatic heterocycles. The SMILES string of the molecule is CSC1Cc2c(ccc3ccccc23)C2=CC3C(SC)Cc4c(ccc5ccccc45)C3C=C21. The Morgan fingerprint density at radius 2 is 1.38 bits per heavy atom. The Morgan fingerprint density at radius 1 is 0.676 bits per heavy atom. The van der Waals surface area contributed by atoms with Gasteiger partial charge in [-0.1, -0.05) is 84.9 Å². The predicted octanol–water partition coefficient (Wildman–Crippen LogP) is 8.29. The molecule has 4 atom stereocenters. The minimum Gasteiger partial charge on any atom is -0.161 e. The molecule has 0 radical (unpaired) electrons. The maximum Gasteiger partial charge on any atom is 0.0338 e. The minimum absolute atomic E-state index is 0.473. The fraction of sp³-hybridized carbons (Fsp3) is 0.250. The van der Waals surface area contributed by atoms with Crippen LogP contribution in [0.2, 0.25) is 0 Å². The maximum atomic E-state index is 2.68. The summed E-state index contributed by atoms with van der Waals surface area (Å²) in [5.74, 6) is 1.02. The maximum absolute atomic E-state index is 2.68. The third kappa shape index (κ3) is 3.01. The first-order valence-corrected chi connectivity index (χ1v) is 14.9. The summed E-state index contributed by atoms with van der Waals surface area (Å²) in [5, 5.41) is 6.75. The Morgan fingerprint density at radius 3 is 2.12 bits per heavy atom. The fourth-order valence-corrected chi connectivity index (χ4v) is 8.42. The van der Waals surface area contributed by atoms with E-state index in [1.807, 2.05) is 11.8 Å². The summed E-state index contributed by atoms with van der Waals surface area (Å²) in [6, 6.07) is 27.4. The van der Waals surface area contributed by atoms with Crippen LogP contribution in [0.1, 0.15) is 28.2 Å². The molecule has 4 aromatic carbocycles. The van der Waals surface area contributed by atoms with Crippen molar-refractivity contribution in [3.63, 3.8) is 0 Å². The first-order chi connectivity index (χ1) is 16.8. The molecule has 0 aromatic heterocycles. The van der Waals surface area contributed by atoms with E-state index in [1.54, 1.807) is 22.3 Å². The van der Waals surface area contributed by atoms with Gasteiger partial charge in [0.15, 0.2) is 0 Å². The minimum atomic E-state index is 0.473. The molecule has 0 nitrogen and oxygen atoms in total. The third-order valence-electron chi connectivity index (χ3n) is 8.37. The molecule has 3 aliphatic carbocycles. The van der Waals surface area contributed by atoms with Gasteiger partial charge < -0.3 is 0 Å². The van der Waals surface area contributed by atoms with Gasteiger partial charge in [-0.15, -0.1) is 0 Å². The summed E-state index contributed by atoms with van der Waals surface area (Å²) in [6.07, 6.45) is 12.2. The van der Waals surface area contributed by atoms with Crippen molar-refractivity contribution in [3.8, 4) is 0 Å². The van der Waals surface area contributed by atoms with Crippen molar-refractivity contribution in [1.82, 2.24) is 0 Å². The topological polar surface area (TPSA) is 0 Å². The highest BCUT2D eigenvalue weighted by molar-refractivity contribution is 7.99. The Kier molecular flexibility index (Phi) is 4.96. The molecule has 7 rings (SSSR count). The van der Waals surface area contributed by atoms with Crippen LogP contribution in [0.15, 0.2) is 90.5 Å². The van der Waals surface area contributed by atoms with E-state index < -0.39 is 0 Å². The average Bonchev–Trinajstić information content (AvgIpc) is 2.90. The van der Waals surface area contributed by atoms with Crippen LogP contribution in [-0.4, -0.2) is 23.0 Å². The molecule has 0 heterocycles. The largest absolute Gasteiger partial charge is 0.161 e. The molecular weight excluding hydrogens is 448 g/mol. The van der Waals surface area contributed by atoms with Crippen LogP contribution in [0, 0.1) is 5.92 Å². The first kappa shape index (κ1) is 20.9. The molecule has 4 aromatic rings. The predicted molar refractivity (Wildman–Crippen MR) is 152 cm³/mol. The van der Waals surface area contributed by atoms with E-state index in [1.165, 1.54) is 32.7 Å². The van der Waals surface area contributed by atoms with E-state index in [4.69, 9.17) is 0 Å². The van der Waals surface area contributed by atoms with E-state index in [0.717, 1.165) is 12.8 Å². The summed E-state index contributed by atoms with van der Waals surface area (Å²) in [6.45, 7) is 0. The number of hydrogen-bond acceptors (Lipinski definition) is 2. The second-order valence-corrected chi connectivity index (χ2v) is 12.0. The van der Waals surface area contributed by atoms with Crippen LogP contribution in [0.4, 0.5) is 0 Å². The second-order valence-electron chi connectivity index (χ2n) is 9.88. The normalized spacial score (nSPS) is 25.1. The van der Waals surface area contributed by atoms with Gasteiger partial charge in [0.1, 0.15) is 0 Å². The molecule has 0 amide bonds. The molecule has 0 N–H and O–H groups in total. The molecular formula is C32H28S2. The van der Waals surface area contributed by atoms with Crippen LogP contribution in [-0.2, 0) is 12.8 Å². The van der Waals surface area contributed by atoms with E-state index >= 15 is 0 Å². The molecule has 2 heteroatoms. The molecule has 4 unspecified atom stereocenters. The van der Waals surface area contributed by atoms with Gasteiger partial charge in [0.2, 0.25) is 0 Å². The molecule has 0 saturated carbocycles. The molecule has 0 bridgehead atoms. The molecule has 168 valence electrons. The van der Waals surface area contributed by atoms with Crippen molar-refractivity contribution < 1.29 is 0 Å². The lowest BCUT2D eigenvalue weighted by atomic mass is 9.66. The number of benzene rings is 4. The standard InChI is InChI=1S/C32H28S2/c1-33-31-17-27-21-9-5-3-7-19(21)11-13-23(27)25-16-30-26(15-29(25)31)24-14-12-20-8-4-6-10-22(20)28(24)18-32(30)34-2/h3-16,25,29,31-32H,17-18H2,1-2H3. The molecule has 3 aliphatic rings.